The zero-order chi connectivity index (χ0) is 9.84. The molecule has 0 aliphatic carbocycles. The van der Waals surface area contributed by atoms with Gasteiger partial charge in [-0.25, -0.2) is 0 Å². The van der Waals surface area contributed by atoms with Gasteiger partial charge in [-0.2, -0.15) is 0 Å². The summed E-state index contributed by atoms with van der Waals surface area (Å²) in [6.07, 6.45) is 0. The van der Waals surface area contributed by atoms with E-state index in [1.54, 1.807) is 24.3 Å². The minimum atomic E-state index is 0.0850. The average Bonchev–Trinajstić information content (AvgIpc) is 2.03. The van der Waals surface area contributed by atoms with Gasteiger partial charge in [-0.1, -0.05) is 12.1 Å². The minimum absolute atomic E-state index is 0.0850. The molecule has 1 aromatic rings. The molecule has 0 spiro atoms. The normalized spacial score (nSPS) is 10.5. The van der Waals surface area contributed by atoms with Crippen LogP contribution in [-0.2, 0) is 6.54 Å². The number of hydrogen-bond acceptors (Lipinski definition) is 5. The molecule has 0 atom stereocenters. The summed E-state index contributed by atoms with van der Waals surface area (Å²) in [5.41, 5.74) is 1.23. The minimum Gasteiger partial charge on any atom is -0.772 e. The lowest BCUT2D eigenvalue weighted by molar-refractivity contribution is 0.389. The van der Waals surface area contributed by atoms with E-state index in [1.807, 2.05) is 0 Å². The Morgan fingerprint density at radius 2 is 2.08 bits per heavy atom. The van der Waals surface area contributed by atoms with Gasteiger partial charge in [-0.3, -0.25) is 5.84 Å². The van der Waals surface area contributed by atoms with E-state index in [0.717, 1.165) is 10.6 Å². The van der Waals surface area contributed by atoms with Crippen molar-refractivity contribution >= 4 is 5.69 Å². The van der Waals surface area contributed by atoms with Crippen molar-refractivity contribution in [3.05, 3.63) is 40.2 Å². The largest absolute Gasteiger partial charge is 0.772 e. The second-order valence-corrected chi connectivity index (χ2v) is 2.74. The van der Waals surface area contributed by atoms with Crippen molar-refractivity contribution < 1.29 is 0 Å². The topological polar surface area (TPSA) is 78.6 Å². The standard InChI is InChI=1S/C8H11N3O2/c1-10(12)8-4-2-3-7(5-8)6-11(9)13/h2-5H,6,9H2,1H3/q-2. The van der Waals surface area contributed by atoms with Crippen LogP contribution in [0.2, 0.25) is 0 Å². The van der Waals surface area contributed by atoms with Crippen LogP contribution in [0.15, 0.2) is 24.3 Å². The predicted molar refractivity (Wildman–Crippen MR) is 51.3 cm³/mol. The Kier molecular flexibility index (Phi) is 3.21. The van der Waals surface area contributed by atoms with Crippen molar-refractivity contribution in [3.63, 3.8) is 0 Å². The van der Waals surface area contributed by atoms with E-state index in [-0.39, 0.29) is 6.54 Å². The second-order valence-electron chi connectivity index (χ2n) is 2.74. The molecule has 0 amide bonds. The number of benzene rings is 1. The van der Waals surface area contributed by atoms with Gasteiger partial charge in [0.2, 0.25) is 0 Å². The second kappa shape index (κ2) is 4.20. The summed E-state index contributed by atoms with van der Waals surface area (Å²) in [6.45, 7) is 0.0850. The fourth-order valence-electron chi connectivity index (χ4n) is 1.03. The van der Waals surface area contributed by atoms with Gasteiger partial charge >= 0.3 is 0 Å². The summed E-state index contributed by atoms with van der Waals surface area (Å²) < 4.78 is 0. The van der Waals surface area contributed by atoms with Gasteiger partial charge < -0.3 is 20.6 Å². The average molecular weight is 181 g/mol. The van der Waals surface area contributed by atoms with Crippen molar-refractivity contribution in [1.82, 2.24) is 5.17 Å². The Labute approximate surface area is 76.5 Å². The van der Waals surface area contributed by atoms with Crippen LogP contribution in [0.4, 0.5) is 5.69 Å². The molecule has 1 aromatic carbocycles. The number of nitrogens with two attached hydrogens (primary N) is 1. The lowest BCUT2D eigenvalue weighted by Crippen LogP contribution is -2.23. The summed E-state index contributed by atoms with van der Waals surface area (Å²) in [4.78, 5) is 0. The lowest BCUT2D eigenvalue weighted by atomic mass is 10.2. The SMILES string of the molecule is CN([O-])c1cccc(CN(N)[O-])c1. The van der Waals surface area contributed by atoms with Gasteiger partial charge in [-0.15, -0.1) is 0 Å². The first-order chi connectivity index (χ1) is 6.09. The number of anilines is 1. The number of rotatable bonds is 3. The zero-order valence-corrected chi connectivity index (χ0v) is 7.30. The molecule has 0 fully saturated rings. The lowest BCUT2D eigenvalue weighted by Gasteiger charge is -2.26. The summed E-state index contributed by atoms with van der Waals surface area (Å²) in [7, 11) is 1.40. The van der Waals surface area contributed by atoms with E-state index in [1.165, 1.54) is 7.05 Å². The maximum atomic E-state index is 10.9. The van der Waals surface area contributed by atoms with E-state index < -0.39 is 0 Å². The van der Waals surface area contributed by atoms with Crippen molar-refractivity contribution in [2.75, 3.05) is 12.1 Å². The monoisotopic (exact) mass is 181 g/mol. The fourth-order valence-corrected chi connectivity index (χ4v) is 1.03. The van der Waals surface area contributed by atoms with Gasteiger partial charge in [-0.05, 0) is 24.7 Å². The predicted octanol–water partition coefficient (Wildman–Crippen LogP) is 0.794. The quantitative estimate of drug-likeness (QED) is 0.551. The molecular weight excluding hydrogens is 170 g/mol. The Hall–Kier alpha value is -1.14. The summed E-state index contributed by atoms with van der Waals surface area (Å²) >= 11 is 0. The highest BCUT2D eigenvalue weighted by molar-refractivity contribution is 5.48. The third kappa shape index (κ3) is 3.00. The van der Waals surface area contributed by atoms with E-state index >= 15 is 0 Å². The molecule has 5 nitrogen and oxygen atoms in total. The van der Waals surface area contributed by atoms with Crippen molar-refractivity contribution in [2.24, 2.45) is 5.84 Å². The molecule has 72 valence electrons. The number of hydrazine groups is 1. The maximum absolute atomic E-state index is 10.9. The van der Waals surface area contributed by atoms with Gasteiger partial charge in [0.15, 0.2) is 0 Å². The first-order valence-corrected chi connectivity index (χ1v) is 3.79. The number of nitrogens with zero attached hydrogens (tertiary/aromatic N) is 2. The van der Waals surface area contributed by atoms with Gasteiger partial charge in [0, 0.05) is 12.2 Å². The van der Waals surface area contributed by atoms with Crippen molar-refractivity contribution in [3.8, 4) is 0 Å². The molecule has 0 saturated heterocycles. The third-order valence-electron chi connectivity index (χ3n) is 1.61. The Balaban J connectivity index is 2.79. The molecule has 0 aliphatic rings. The highest BCUT2D eigenvalue weighted by Gasteiger charge is 1.94. The molecule has 13 heavy (non-hydrogen) atoms. The number of hydrogen-bond donors (Lipinski definition) is 1. The molecule has 1 rings (SSSR count). The molecule has 2 N–H and O–H groups in total. The highest BCUT2D eigenvalue weighted by atomic mass is 16.5. The zero-order valence-electron chi connectivity index (χ0n) is 7.30. The van der Waals surface area contributed by atoms with Crippen LogP contribution in [-0.4, -0.2) is 12.2 Å². The maximum Gasteiger partial charge on any atom is 0.0260 e. The fraction of sp³-hybridized carbons (Fsp3) is 0.250. The molecule has 0 saturated carbocycles. The summed E-state index contributed by atoms with van der Waals surface area (Å²) in [5.74, 6) is 4.94. The van der Waals surface area contributed by atoms with Gasteiger partial charge in [0.05, 0.1) is 0 Å². The van der Waals surface area contributed by atoms with Crippen LogP contribution in [0.1, 0.15) is 5.56 Å². The van der Waals surface area contributed by atoms with Crippen LogP contribution in [0.25, 0.3) is 0 Å². The van der Waals surface area contributed by atoms with Crippen molar-refractivity contribution in [2.45, 2.75) is 6.54 Å². The van der Waals surface area contributed by atoms with E-state index in [0.29, 0.717) is 10.9 Å². The van der Waals surface area contributed by atoms with Gasteiger partial charge in [0.1, 0.15) is 0 Å². The van der Waals surface area contributed by atoms with Crippen LogP contribution < -0.4 is 10.9 Å². The van der Waals surface area contributed by atoms with Crippen LogP contribution in [0, 0.1) is 10.4 Å². The van der Waals surface area contributed by atoms with Gasteiger partial charge in [0.25, 0.3) is 0 Å². The van der Waals surface area contributed by atoms with Crippen molar-refractivity contribution in [1.29, 1.82) is 0 Å². The first-order valence-electron chi connectivity index (χ1n) is 3.79. The summed E-state index contributed by atoms with van der Waals surface area (Å²) in [5, 5.41) is 22.4. The third-order valence-corrected chi connectivity index (χ3v) is 1.61. The summed E-state index contributed by atoms with van der Waals surface area (Å²) in [6, 6.07) is 6.75. The molecule has 0 radical (unpaired) electrons. The van der Waals surface area contributed by atoms with E-state index in [9.17, 15) is 10.4 Å². The smallest absolute Gasteiger partial charge is 0.0260 e. The Morgan fingerprint density at radius 3 is 2.62 bits per heavy atom. The van der Waals surface area contributed by atoms with Crippen LogP contribution in [0.5, 0.6) is 0 Å². The molecule has 0 aromatic heterocycles. The molecule has 5 heteroatoms. The highest BCUT2D eigenvalue weighted by Crippen LogP contribution is 2.14. The molecule has 0 bridgehead atoms. The molecule has 0 aliphatic heterocycles. The first kappa shape index (κ1) is 9.94. The van der Waals surface area contributed by atoms with Crippen LogP contribution in [0.3, 0.4) is 0 Å². The van der Waals surface area contributed by atoms with E-state index in [4.69, 9.17) is 5.84 Å². The van der Waals surface area contributed by atoms with E-state index in [2.05, 4.69) is 0 Å². The Bertz CT molecular complexity index is 276. The van der Waals surface area contributed by atoms with Crippen LogP contribution >= 0.6 is 0 Å². The number of hydroxylamine groups is 2. The Morgan fingerprint density at radius 1 is 1.38 bits per heavy atom. The molecule has 0 unspecified atom stereocenters. The molecule has 0 heterocycles. The molecular formula is C8H11N3O2-2.